The summed E-state index contributed by atoms with van der Waals surface area (Å²) in [5.74, 6) is -0.194. The first-order chi connectivity index (χ1) is 7.13. The quantitative estimate of drug-likeness (QED) is 0.798. The smallest absolute Gasteiger partial charge is 0.251 e. The second-order valence-corrected chi connectivity index (χ2v) is 3.72. The summed E-state index contributed by atoms with van der Waals surface area (Å²) in [4.78, 5) is 21.8. The van der Waals surface area contributed by atoms with E-state index in [9.17, 15) is 9.59 Å². The van der Waals surface area contributed by atoms with Crippen molar-refractivity contribution in [1.82, 2.24) is 5.32 Å². The Morgan fingerprint density at radius 1 is 1.47 bits per heavy atom. The lowest BCUT2D eigenvalue weighted by Crippen LogP contribution is -2.32. The molecule has 3 nitrogen and oxygen atoms in total. The second kappa shape index (κ2) is 5.51. The molecule has 80 valence electrons. The van der Waals surface area contributed by atoms with E-state index in [2.05, 4.69) is 5.32 Å². The van der Waals surface area contributed by atoms with Gasteiger partial charge < -0.3 is 10.1 Å². The van der Waals surface area contributed by atoms with E-state index >= 15 is 0 Å². The van der Waals surface area contributed by atoms with Crippen molar-refractivity contribution in [3.05, 3.63) is 34.9 Å². The number of aldehydes is 1. The summed E-state index contributed by atoms with van der Waals surface area (Å²) < 4.78 is 0. The number of nitrogens with one attached hydrogen (secondary N) is 1. The maximum absolute atomic E-state index is 11.6. The molecule has 0 saturated heterocycles. The zero-order valence-corrected chi connectivity index (χ0v) is 9.12. The van der Waals surface area contributed by atoms with Gasteiger partial charge in [0, 0.05) is 23.0 Å². The Kier molecular flexibility index (Phi) is 4.31. The third-order valence-corrected chi connectivity index (χ3v) is 2.19. The highest BCUT2D eigenvalue weighted by Crippen LogP contribution is 2.09. The zero-order valence-electron chi connectivity index (χ0n) is 8.37. The summed E-state index contributed by atoms with van der Waals surface area (Å²) in [7, 11) is 0. The Balaban J connectivity index is 2.61. The van der Waals surface area contributed by atoms with Gasteiger partial charge >= 0.3 is 0 Å². The summed E-state index contributed by atoms with van der Waals surface area (Å²) in [5.41, 5.74) is 0.539. The van der Waals surface area contributed by atoms with E-state index in [-0.39, 0.29) is 11.9 Å². The van der Waals surface area contributed by atoms with Crippen LogP contribution >= 0.6 is 11.6 Å². The van der Waals surface area contributed by atoms with E-state index in [1.807, 2.05) is 0 Å². The third-order valence-electron chi connectivity index (χ3n) is 1.93. The number of rotatable bonds is 4. The molecule has 0 spiro atoms. The van der Waals surface area contributed by atoms with Crippen LogP contribution in [-0.4, -0.2) is 18.2 Å². The summed E-state index contributed by atoms with van der Waals surface area (Å²) in [6.45, 7) is 1.78. The number of carbonyl (C=O) groups is 2. The molecule has 1 unspecified atom stereocenters. The van der Waals surface area contributed by atoms with E-state index in [4.69, 9.17) is 11.6 Å². The van der Waals surface area contributed by atoms with Gasteiger partial charge in [0.15, 0.2) is 0 Å². The molecule has 0 fully saturated rings. The predicted molar refractivity (Wildman–Crippen MR) is 59.1 cm³/mol. The van der Waals surface area contributed by atoms with E-state index in [0.717, 1.165) is 6.29 Å². The minimum absolute atomic E-state index is 0.148. The highest BCUT2D eigenvalue weighted by molar-refractivity contribution is 6.30. The zero-order chi connectivity index (χ0) is 11.3. The van der Waals surface area contributed by atoms with Crippen molar-refractivity contribution in [1.29, 1.82) is 0 Å². The molecule has 1 amide bonds. The fourth-order valence-electron chi connectivity index (χ4n) is 1.11. The molecule has 1 atom stereocenters. The van der Waals surface area contributed by atoms with Gasteiger partial charge in [-0.05, 0) is 31.2 Å². The first-order valence-electron chi connectivity index (χ1n) is 4.63. The molecule has 0 aliphatic carbocycles. The van der Waals surface area contributed by atoms with Gasteiger partial charge in [-0.1, -0.05) is 11.6 Å². The Labute approximate surface area is 93.4 Å². The number of hydrogen-bond donors (Lipinski definition) is 1. The summed E-state index contributed by atoms with van der Waals surface area (Å²) >= 11 is 5.69. The van der Waals surface area contributed by atoms with Gasteiger partial charge in [-0.25, -0.2) is 0 Å². The molecule has 0 radical (unpaired) electrons. The molecule has 1 aromatic rings. The van der Waals surface area contributed by atoms with Crippen molar-refractivity contribution < 1.29 is 9.59 Å². The lowest BCUT2D eigenvalue weighted by molar-refractivity contribution is -0.108. The number of hydrogen-bond acceptors (Lipinski definition) is 2. The topological polar surface area (TPSA) is 46.2 Å². The molecule has 0 aliphatic rings. The van der Waals surface area contributed by atoms with Crippen molar-refractivity contribution in [2.24, 2.45) is 0 Å². The molecule has 0 aliphatic heterocycles. The highest BCUT2D eigenvalue weighted by Gasteiger charge is 2.08. The van der Waals surface area contributed by atoms with Gasteiger partial charge in [0.1, 0.15) is 6.29 Å². The van der Waals surface area contributed by atoms with Crippen molar-refractivity contribution >= 4 is 23.8 Å². The van der Waals surface area contributed by atoms with Gasteiger partial charge in [0.05, 0.1) is 0 Å². The maximum Gasteiger partial charge on any atom is 0.251 e. The van der Waals surface area contributed by atoms with Crippen LogP contribution in [-0.2, 0) is 4.79 Å². The summed E-state index contributed by atoms with van der Waals surface area (Å²) in [6.07, 6.45) is 1.10. The molecule has 4 heteroatoms. The van der Waals surface area contributed by atoms with Crippen LogP contribution in [0.5, 0.6) is 0 Å². The van der Waals surface area contributed by atoms with Gasteiger partial charge in [0.2, 0.25) is 0 Å². The second-order valence-electron chi connectivity index (χ2n) is 3.28. The monoisotopic (exact) mass is 225 g/mol. The highest BCUT2D eigenvalue weighted by atomic mass is 35.5. The standard InChI is InChI=1S/C11H12ClNO2/c1-8(6-7-14)13-11(15)9-2-4-10(12)5-3-9/h2-5,7-8H,6H2,1H3,(H,13,15). The van der Waals surface area contributed by atoms with Gasteiger partial charge in [-0.2, -0.15) is 0 Å². The van der Waals surface area contributed by atoms with E-state index in [1.165, 1.54) is 0 Å². The Morgan fingerprint density at radius 2 is 2.07 bits per heavy atom. The molecule has 1 N–H and O–H groups in total. The van der Waals surface area contributed by atoms with Crippen LogP contribution in [0.1, 0.15) is 23.7 Å². The van der Waals surface area contributed by atoms with Gasteiger partial charge in [0.25, 0.3) is 5.91 Å². The van der Waals surface area contributed by atoms with E-state index in [0.29, 0.717) is 17.0 Å². The van der Waals surface area contributed by atoms with Crippen molar-refractivity contribution in [2.75, 3.05) is 0 Å². The van der Waals surface area contributed by atoms with Gasteiger partial charge in [-0.15, -0.1) is 0 Å². The van der Waals surface area contributed by atoms with E-state index < -0.39 is 0 Å². The molecule has 1 aromatic carbocycles. The molecular weight excluding hydrogens is 214 g/mol. The average Bonchev–Trinajstić information content (AvgIpc) is 2.18. The fraction of sp³-hybridized carbons (Fsp3) is 0.273. The largest absolute Gasteiger partial charge is 0.349 e. The van der Waals surface area contributed by atoms with Crippen molar-refractivity contribution in [2.45, 2.75) is 19.4 Å². The number of carbonyl (C=O) groups excluding carboxylic acids is 2. The molecule has 0 heterocycles. The summed E-state index contributed by atoms with van der Waals surface area (Å²) in [5, 5.41) is 3.29. The molecule has 1 rings (SSSR count). The minimum Gasteiger partial charge on any atom is -0.349 e. The molecule has 0 bridgehead atoms. The SMILES string of the molecule is CC(CC=O)NC(=O)c1ccc(Cl)cc1. The van der Waals surface area contributed by atoms with Crippen LogP contribution < -0.4 is 5.32 Å². The summed E-state index contributed by atoms with van der Waals surface area (Å²) in [6, 6.07) is 6.45. The Morgan fingerprint density at radius 3 is 2.60 bits per heavy atom. The molecule has 0 saturated carbocycles. The predicted octanol–water partition coefficient (Wildman–Crippen LogP) is 2.05. The number of benzene rings is 1. The van der Waals surface area contributed by atoms with Crippen molar-refractivity contribution in [3.8, 4) is 0 Å². The lowest BCUT2D eigenvalue weighted by atomic mass is 10.2. The average molecular weight is 226 g/mol. The van der Waals surface area contributed by atoms with Crippen LogP contribution in [0, 0.1) is 0 Å². The first kappa shape index (κ1) is 11.7. The van der Waals surface area contributed by atoms with Gasteiger partial charge in [-0.3, -0.25) is 4.79 Å². The Bertz CT molecular complexity index is 348. The van der Waals surface area contributed by atoms with Crippen LogP contribution in [0.4, 0.5) is 0 Å². The first-order valence-corrected chi connectivity index (χ1v) is 5.01. The third kappa shape index (κ3) is 3.72. The fourth-order valence-corrected chi connectivity index (χ4v) is 1.24. The van der Waals surface area contributed by atoms with E-state index in [1.54, 1.807) is 31.2 Å². The molecular formula is C11H12ClNO2. The van der Waals surface area contributed by atoms with Crippen LogP contribution in [0.25, 0.3) is 0 Å². The van der Waals surface area contributed by atoms with Crippen LogP contribution in [0.2, 0.25) is 5.02 Å². The van der Waals surface area contributed by atoms with Crippen molar-refractivity contribution in [3.63, 3.8) is 0 Å². The minimum atomic E-state index is -0.194. The Hall–Kier alpha value is -1.35. The molecule has 0 aromatic heterocycles. The number of amides is 1. The van der Waals surface area contributed by atoms with Crippen LogP contribution in [0.15, 0.2) is 24.3 Å². The molecule has 15 heavy (non-hydrogen) atoms. The normalized spacial score (nSPS) is 11.9. The lowest BCUT2D eigenvalue weighted by Gasteiger charge is -2.10. The van der Waals surface area contributed by atoms with Crippen LogP contribution in [0.3, 0.4) is 0 Å². The maximum atomic E-state index is 11.6. The number of halogens is 1.